The molecule has 0 fully saturated rings. The summed E-state index contributed by atoms with van der Waals surface area (Å²) in [4.78, 5) is 14.1. The number of hydrogen-bond acceptors (Lipinski definition) is 5. The third-order valence-corrected chi connectivity index (χ3v) is 7.20. The van der Waals surface area contributed by atoms with E-state index in [9.17, 15) is 13.2 Å². The summed E-state index contributed by atoms with van der Waals surface area (Å²) < 4.78 is 26.3. The number of aromatic nitrogens is 2. The quantitative estimate of drug-likeness (QED) is 0.482. The zero-order chi connectivity index (χ0) is 19.6. The van der Waals surface area contributed by atoms with Crippen molar-refractivity contribution < 1.29 is 8.42 Å². The highest BCUT2D eigenvalue weighted by molar-refractivity contribution is 7.91. The lowest BCUT2D eigenvalue weighted by molar-refractivity contribution is 0.560. The molecule has 4 aromatic rings. The number of aryl methyl sites for hydroxylation is 1. The number of thiophene rings is 1. The second kappa shape index (κ2) is 7.69. The number of nitrogens with zero attached hydrogens (tertiary/aromatic N) is 2. The van der Waals surface area contributed by atoms with Crippen LogP contribution in [0.15, 0.2) is 81.8 Å². The summed E-state index contributed by atoms with van der Waals surface area (Å²) in [5.41, 5.74) is 0.545. The Hall–Kier alpha value is -2.77. The van der Waals surface area contributed by atoms with Gasteiger partial charge in [-0.2, -0.15) is 5.10 Å². The number of fused-ring (bicyclic) bond motifs is 1. The van der Waals surface area contributed by atoms with E-state index in [1.54, 1.807) is 47.7 Å². The third kappa shape index (κ3) is 3.63. The van der Waals surface area contributed by atoms with Crippen LogP contribution in [0, 0.1) is 0 Å². The number of hydrogen-bond donors (Lipinski definition) is 0. The topological polar surface area (TPSA) is 69.0 Å². The molecule has 0 aliphatic heterocycles. The van der Waals surface area contributed by atoms with E-state index < -0.39 is 9.84 Å². The van der Waals surface area contributed by atoms with Gasteiger partial charge in [0.05, 0.1) is 20.9 Å². The van der Waals surface area contributed by atoms with Crippen LogP contribution >= 0.6 is 11.3 Å². The van der Waals surface area contributed by atoms with Crippen molar-refractivity contribution in [3.63, 3.8) is 0 Å². The highest BCUT2D eigenvalue weighted by atomic mass is 32.2. The SMILES string of the molecule is O=c1c2ccccc2c(-c2cccs2)nn1CCCS(=O)(=O)c1ccccc1. The second-order valence-corrected chi connectivity index (χ2v) is 9.44. The Morgan fingerprint density at radius 1 is 0.893 bits per heavy atom. The second-order valence-electron chi connectivity index (χ2n) is 6.39. The molecule has 0 radical (unpaired) electrons. The fraction of sp³-hybridized carbons (Fsp3) is 0.143. The van der Waals surface area contributed by atoms with E-state index in [1.165, 1.54) is 4.68 Å². The Kier molecular flexibility index (Phi) is 5.11. The molecule has 2 heterocycles. The maximum atomic E-state index is 12.8. The van der Waals surface area contributed by atoms with Crippen molar-refractivity contribution in [2.75, 3.05) is 5.75 Å². The fourth-order valence-corrected chi connectivity index (χ4v) is 5.17. The smallest absolute Gasteiger partial charge is 0.267 e. The Labute approximate surface area is 166 Å². The molecule has 0 aliphatic carbocycles. The molecule has 0 saturated carbocycles. The first-order valence-corrected chi connectivity index (χ1v) is 11.4. The van der Waals surface area contributed by atoms with Crippen molar-refractivity contribution in [1.29, 1.82) is 0 Å². The first-order chi connectivity index (χ1) is 13.6. The van der Waals surface area contributed by atoms with Gasteiger partial charge in [-0.25, -0.2) is 13.1 Å². The summed E-state index contributed by atoms with van der Waals surface area (Å²) in [5.74, 6) is -0.0354. The predicted octanol–water partition coefficient (Wildman–Crippen LogP) is 3.99. The predicted molar refractivity (Wildman–Crippen MR) is 112 cm³/mol. The van der Waals surface area contributed by atoms with E-state index in [4.69, 9.17) is 0 Å². The fourth-order valence-electron chi connectivity index (χ4n) is 3.13. The van der Waals surface area contributed by atoms with Gasteiger partial charge in [-0.15, -0.1) is 11.3 Å². The van der Waals surface area contributed by atoms with Gasteiger partial charge < -0.3 is 0 Å². The average molecular weight is 411 g/mol. The maximum absolute atomic E-state index is 12.8. The molecule has 0 amide bonds. The van der Waals surface area contributed by atoms with Crippen molar-refractivity contribution in [2.24, 2.45) is 0 Å². The summed E-state index contributed by atoms with van der Waals surface area (Å²) in [5, 5.41) is 7.92. The van der Waals surface area contributed by atoms with Gasteiger partial charge in [0.1, 0.15) is 5.69 Å². The van der Waals surface area contributed by atoms with E-state index in [0.717, 1.165) is 16.0 Å². The average Bonchev–Trinajstić information content (AvgIpc) is 3.25. The van der Waals surface area contributed by atoms with Crippen LogP contribution in [0.5, 0.6) is 0 Å². The lowest BCUT2D eigenvalue weighted by atomic mass is 10.1. The molecule has 5 nitrogen and oxygen atoms in total. The molecular formula is C21H18N2O3S2. The lowest BCUT2D eigenvalue weighted by Gasteiger charge is -2.10. The number of sulfone groups is 1. The van der Waals surface area contributed by atoms with Crippen molar-refractivity contribution >= 4 is 31.9 Å². The molecule has 0 unspecified atom stereocenters. The highest BCUT2D eigenvalue weighted by Crippen LogP contribution is 2.28. The zero-order valence-corrected chi connectivity index (χ0v) is 16.6. The van der Waals surface area contributed by atoms with Crippen molar-refractivity contribution in [3.05, 3.63) is 82.5 Å². The lowest BCUT2D eigenvalue weighted by Crippen LogP contribution is -2.25. The van der Waals surface area contributed by atoms with Crippen LogP contribution in [0.3, 0.4) is 0 Å². The maximum Gasteiger partial charge on any atom is 0.274 e. The van der Waals surface area contributed by atoms with Gasteiger partial charge in [-0.1, -0.05) is 42.5 Å². The number of rotatable bonds is 6. The summed E-state index contributed by atoms with van der Waals surface area (Å²) in [6.07, 6.45) is 0.312. The first-order valence-electron chi connectivity index (χ1n) is 8.88. The van der Waals surface area contributed by atoms with Crippen molar-refractivity contribution in [1.82, 2.24) is 9.78 Å². The van der Waals surface area contributed by atoms with E-state index >= 15 is 0 Å². The monoisotopic (exact) mass is 410 g/mol. The van der Waals surface area contributed by atoms with Gasteiger partial charge in [-0.3, -0.25) is 4.79 Å². The Morgan fingerprint density at radius 3 is 2.32 bits per heavy atom. The molecule has 0 bridgehead atoms. The van der Waals surface area contributed by atoms with E-state index in [1.807, 2.05) is 35.7 Å². The molecule has 0 aliphatic rings. The van der Waals surface area contributed by atoms with Crippen molar-refractivity contribution in [2.45, 2.75) is 17.9 Å². The summed E-state index contributed by atoms with van der Waals surface area (Å²) in [6, 6.07) is 19.7. The largest absolute Gasteiger partial charge is 0.274 e. The highest BCUT2D eigenvalue weighted by Gasteiger charge is 2.16. The van der Waals surface area contributed by atoms with Gasteiger partial charge in [0.2, 0.25) is 0 Å². The Bertz CT molecular complexity index is 1260. The van der Waals surface area contributed by atoms with E-state index in [-0.39, 0.29) is 17.9 Å². The molecule has 0 atom stereocenters. The number of benzene rings is 2. The van der Waals surface area contributed by atoms with Crippen LogP contribution in [0.25, 0.3) is 21.3 Å². The molecule has 142 valence electrons. The molecule has 4 rings (SSSR count). The minimum absolute atomic E-state index is 0.0354. The van der Waals surface area contributed by atoms with Gasteiger partial charge in [0.15, 0.2) is 9.84 Å². The first kappa shape index (κ1) is 18.6. The summed E-state index contributed by atoms with van der Waals surface area (Å²) >= 11 is 1.56. The van der Waals surface area contributed by atoms with Crippen LogP contribution in [0.2, 0.25) is 0 Å². The van der Waals surface area contributed by atoms with Gasteiger partial charge in [0.25, 0.3) is 5.56 Å². The van der Waals surface area contributed by atoms with E-state index in [2.05, 4.69) is 5.10 Å². The third-order valence-electron chi connectivity index (χ3n) is 4.51. The molecular weight excluding hydrogens is 392 g/mol. The normalized spacial score (nSPS) is 11.7. The molecule has 7 heteroatoms. The van der Waals surface area contributed by atoms with Crippen LogP contribution in [0.4, 0.5) is 0 Å². The van der Waals surface area contributed by atoms with Crippen LogP contribution in [-0.4, -0.2) is 24.0 Å². The summed E-state index contributed by atoms with van der Waals surface area (Å²) in [6.45, 7) is 0.244. The van der Waals surface area contributed by atoms with Crippen LogP contribution < -0.4 is 5.56 Å². The molecule has 0 saturated heterocycles. The molecule has 28 heavy (non-hydrogen) atoms. The van der Waals surface area contributed by atoms with Gasteiger partial charge in [-0.05, 0) is 36.1 Å². The minimum atomic E-state index is -3.38. The van der Waals surface area contributed by atoms with Crippen LogP contribution in [-0.2, 0) is 16.4 Å². The van der Waals surface area contributed by atoms with Crippen LogP contribution in [0.1, 0.15) is 6.42 Å². The molecule has 0 spiro atoms. The van der Waals surface area contributed by atoms with E-state index in [0.29, 0.717) is 16.7 Å². The van der Waals surface area contributed by atoms with Gasteiger partial charge >= 0.3 is 0 Å². The molecule has 2 aromatic carbocycles. The van der Waals surface area contributed by atoms with Crippen molar-refractivity contribution in [3.8, 4) is 10.6 Å². The Balaban J connectivity index is 1.64. The zero-order valence-electron chi connectivity index (χ0n) is 15.0. The summed E-state index contributed by atoms with van der Waals surface area (Å²) in [7, 11) is -3.38. The Morgan fingerprint density at radius 2 is 1.61 bits per heavy atom. The molecule has 2 aromatic heterocycles. The standard InChI is InChI=1S/C21H18N2O3S2/c24-21-18-11-5-4-10-17(18)20(19-12-6-14-27-19)22-23(21)13-7-15-28(25,26)16-8-2-1-3-9-16/h1-6,8-12,14H,7,13,15H2. The molecule has 0 N–H and O–H groups in total. The minimum Gasteiger partial charge on any atom is -0.267 e. The van der Waals surface area contributed by atoms with Gasteiger partial charge in [0, 0.05) is 11.9 Å².